The molecule has 1 aliphatic rings. The third-order valence-corrected chi connectivity index (χ3v) is 6.80. The van der Waals surface area contributed by atoms with E-state index >= 15 is 0 Å². The predicted octanol–water partition coefficient (Wildman–Crippen LogP) is 3.79. The van der Waals surface area contributed by atoms with Crippen molar-refractivity contribution in [3.05, 3.63) is 72.6 Å². The minimum Gasteiger partial charge on any atom is -0.308 e. The Morgan fingerprint density at radius 1 is 0.941 bits per heavy atom. The molecule has 4 rings (SSSR count). The van der Waals surface area contributed by atoms with Gasteiger partial charge in [-0.2, -0.15) is 13.2 Å². The van der Waals surface area contributed by atoms with E-state index in [4.69, 9.17) is 0 Å². The van der Waals surface area contributed by atoms with E-state index in [1.54, 1.807) is 36.7 Å². The van der Waals surface area contributed by atoms with Crippen LogP contribution in [-0.4, -0.2) is 46.8 Å². The summed E-state index contributed by atoms with van der Waals surface area (Å²) < 4.78 is 61.4. The van der Waals surface area contributed by atoms with Crippen LogP contribution in [0, 0.1) is 0 Å². The van der Waals surface area contributed by atoms with Gasteiger partial charge in [-0.15, -0.1) is 0 Å². The van der Waals surface area contributed by atoms with Crippen molar-refractivity contribution >= 4 is 27.5 Å². The van der Waals surface area contributed by atoms with E-state index in [9.17, 15) is 31.2 Å². The molecule has 3 heterocycles. The number of pyridine rings is 2. The quantitative estimate of drug-likeness (QED) is 0.505. The first-order chi connectivity index (χ1) is 16.0. The highest BCUT2D eigenvalue weighted by molar-refractivity contribution is 7.92. The second-order valence-corrected chi connectivity index (χ2v) is 9.41. The molecule has 8 nitrogen and oxygen atoms in total. The lowest BCUT2D eigenvalue weighted by molar-refractivity contribution is -0.119. The normalized spacial score (nSPS) is 16.9. The summed E-state index contributed by atoms with van der Waals surface area (Å²) in [5.74, 6) is -0.588. The Hall–Kier alpha value is -3.80. The van der Waals surface area contributed by atoms with Crippen LogP contribution in [0.5, 0.6) is 0 Å². The zero-order valence-electron chi connectivity index (χ0n) is 17.6. The van der Waals surface area contributed by atoms with Crippen molar-refractivity contribution in [2.45, 2.75) is 29.9 Å². The molecular formula is C22H17F3N4O4S. The maximum atomic E-state index is 13.0. The standard InChI is InChI=1S/C22H17F3N4O4S/c1-14-20(30)29(16-5-7-17(8-6-16)34(32,33)22(23,24)25)21(31)28(14)13-15-9-11-27-19(12-15)18-4-2-3-10-26-18/h2-12,14H,13H2,1H3. The first kappa shape index (κ1) is 23.4. The molecule has 1 saturated heterocycles. The van der Waals surface area contributed by atoms with E-state index in [-0.39, 0.29) is 12.2 Å². The molecular weight excluding hydrogens is 473 g/mol. The van der Waals surface area contributed by atoms with E-state index in [2.05, 4.69) is 9.97 Å². The number of nitrogens with zero attached hydrogens (tertiary/aromatic N) is 4. The molecule has 176 valence electrons. The summed E-state index contributed by atoms with van der Waals surface area (Å²) in [6.07, 6.45) is 3.18. The van der Waals surface area contributed by atoms with Gasteiger partial charge in [0.05, 0.1) is 22.0 Å². The Bertz CT molecular complexity index is 1350. The van der Waals surface area contributed by atoms with Gasteiger partial charge in [0, 0.05) is 18.9 Å². The van der Waals surface area contributed by atoms with Gasteiger partial charge in [0.2, 0.25) is 0 Å². The second-order valence-electron chi connectivity index (χ2n) is 7.47. The van der Waals surface area contributed by atoms with Crippen LogP contribution in [0.2, 0.25) is 0 Å². The largest absolute Gasteiger partial charge is 0.501 e. The smallest absolute Gasteiger partial charge is 0.308 e. The summed E-state index contributed by atoms with van der Waals surface area (Å²) in [5.41, 5.74) is -3.58. The number of rotatable bonds is 5. The first-order valence-corrected chi connectivity index (χ1v) is 11.4. The topological polar surface area (TPSA) is 101 Å². The SMILES string of the molecule is CC1C(=O)N(c2ccc(S(=O)(=O)C(F)(F)F)cc2)C(=O)N1Cc1ccnc(-c2ccccn2)c1. The third-order valence-electron chi connectivity index (χ3n) is 5.30. The number of hydrogen-bond acceptors (Lipinski definition) is 6. The number of amides is 3. The number of anilines is 1. The summed E-state index contributed by atoms with van der Waals surface area (Å²) in [4.78, 5) is 35.5. The van der Waals surface area contributed by atoms with E-state index in [0.717, 1.165) is 17.0 Å². The number of carbonyl (C=O) groups excluding carboxylic acids is 2. The number of benzene rings is 1. The molecule has 12 heteroatoms. The van der Waals surface area contributed by atoms with Gasteiger partial charge in [-0.3, -0.25) is 14.8 Å². The number of hydrogen-bond donors (Lipinski definition) is 0. The van der Waals surface area contributed by atoms with Gasteiger partial charge in [0.25, 0.3) is 15.7 Å². The average Bonchev–Trinajstić information content (AvgIpc) is 3.02. The van der Waals surface area contributed by atoms with Gasteiger partial charge in [0.1, 0.15) is 6.04 Å². The molecule has 0 radical (unpaired) electrons. The van der Waals surface area contributed by atoms with Crippen molar-refractivity contribution in [2.24, 2.45) is 0 Å². The number of sulfone groups is 1. The third kappa shape index (κ3) is 4.12. The zero-order valence-corrected chi connectivity index (χ0v) is 18.4. The molecule has 0 bridgehead atoms. The van der Waals surface area contributed by atoms with Gasteiger partial charge in [-0.1, -0.05) is 6.07 Å². The Kier molecular flexibility index (Phi) is 5.86. The van der Waals surface area contributed by atoms with Crippen LogP contribution in [0.25, 0.3) is 11.4 Å². The Morgan fingerprint density at radius 3 is 2.24 bits per heavy atom. The second kappa shape index (κ2) is 8.52. The fourth-order valence-corrected chi connectivity index (χ4v) is 4.24. The number of carbonyl (C=O) groups is 2. The maximum absolute atomic E-state index is 13.0. The molecule has 0 saturated carbocycles. The predicted molar refractivity (Wildman–Crippen MR) is 115 cm³/mol. The van der Waals surface area contributed by atoms with Crippen LogP contribution in [0.15, 0.2) is 71.9 Å². The van der Waals surface area contributed by atoms with Crippen LogP contribution in [0.3, 0.4) is 0 Å². The maximum Gasteiger partial charge on any atom is 0.501 e. The first-order valence-electron chi connectivity index (χ1n) is 9.93. The molecule has 0 spiro atoms. The molecule has 34 heavy (non-hydrogen) atoms. The Balaban J connectivity index is 1.58. The van der Waals surface area contributed by atoms with E-state index in [0.29, 0.717) is 29.1 Å². The van der Waals surface area contributed by atoms with E-state index < -0.39 is 38.2 Å². The highest BCUT2D eigenvalue weighted by atomic mass is 32.2. The van der Waals surface area contributed by atoms with Crippen LogP contribution in [-0.2, 0) is 21.2 Å². The molecule has 1 atom stereocenters. The number of alkyl halides is 3. The number of imide groups is 1. The highest BCUT2D eigenvalue weighted by Crippen LogP contribution is 2.33. The molecule has 1 unspecified atom stereocenters. The van der Waals surface area contributed by atoms with E-state index in [1.807, 2.05) is 6.07 Å². The summed E-state index contributed by atoms with van der Waals surface area (Å²) in [5, 5.41) is 0. The van der Waals surface area contributed by atoms with Crippen LogP contribution in [0.4, 0.5) is 23.7 Å². The molecule has 0 N–H and O–H groups in total. The monoisotopic (exact) mass is 490 g/mol. The van der Waals surface area contributed by atoms with Crippen LogP contribution < -0.4 is 4.90 Å². The van der Waals surface area contributed by atoms with E-state index in [1.165, 1.54) is 11.8 Å². The zero-order chi connectivity index (χ0) is 24.7. The lowest BCUT2D eigenvalue weighted by Crippen LogP contribution is -2.33. The number of halogens is 3. The van der Waals surface area contributed by atoms with Crippen molar-refractivity contribution in [2.75, 3.05) is 4.90 Å². The summed E-state index contributed by atoms with van der Waals surface area (Å²) >= 11 is 0. The number of aromatic nitrogens is 2. The Morgan fingerprint density at radius 2 is 1.62 bits per heavy atom. The average molecular weight is 490 g/mol. The van der Waals surface area contributed by atoms with Gasteiger partial charge >= 0.3 is 11.5 Å². The van der Waals surface area contributed by atoms with Crippen molar-refractivity contribution in [3.8, 4) is 11.4 Å². The van der Waals surface area contributed by atoms with Crippen molar-refractivity contribution in [1.82, 2.24) is 14.9 Å². The van der Waals surface area contributed by atoms with Crippen LogP contribution in [0.1, 0.15) is 12.5 Å². The summed E-state index contributed by atoms with van der Waals surface area (Å²) in [6.45, 7) is 1.61. The summed E-state index contributed by atoms with van der Waals surface area (Å²) in [6, 6.07) is 10.7. The van der Waals surface area contributed by atoms with Crippen molar-refractivity contribution in [3.63, 3.8) is 0 Å². The van der Waals surface area contributed by atoms with Crippen LogP contribution >= 0.6 is 0 Å². The molecule has 3 amide bonds. The summed E-state index contributed by atoms with van der Waals surface area (Å²) in [7, 11) is -5.54. The lowest BCUT2D eigenvalue weighted by atomic mass is 10.1. The Labute approximate surface area is 192 Å². The molecule has 1 fully saturated rings. The molecule has 3 aromatic rings. The fourth-order valence-electron chi connectivity index (χ4n) is 3.48. The van der Waals surface area contributed by atoms with Gasteiger partial charge in [-0.25, -0.2) is 18.1 Å². The highest BCUT2D eigenvalue weighted by Gasteiger charge is 2.47. The minimum atomic E-state index is -5.54. The number of urea groups is 1. The van der Waals surface area contributed by atoms with Crippen molar-refractivity contribution in [1.29, 1.82) is 0 Å². The van der Waals surface area contributed by atoms with Gasteiger partial charge in [-0.05, 0) is 61.0 Å². The fraction of sp³-hybridized carbons (Fsp3) is 0.182. The lowest BCUT2D eigenvalue weighted by Gasteiger charge is -2.19. The molecule has 1 aliphatic heterocycles. The molecule has 2 aromatic heterocycles. The molecule has 1 aromatic carbocycles. The van der Waals surface area contributed by atoms with Gasteiger partial charge in [0.15, 0.2) is 0 Å². The molecule has 0 aliphatic carbocycles. The van der Waals surface area contributed by atoms with Gasteiger partial charge < -0.3 is 4.90 Å². The minimum absolute atomic E-state index is 0.0330. The van der Waals surface area contributed by atoms with Crippen molar-refractivity contribution < 1.29 is 31.2 Å².